The summed E-state index contributed by atoms with van der Waals surface area (Å²) >= 11 is 1.89. The number of aryl methyl sites for hydroxylation is 1. The fourth-order valence-corrected chi connectivity index (χ4v) is 3.25. The maximum Gasteiger partial charge on any atom is 0.258 e. The molecular weight excluding hydrogens is 298 g/mol. The zero-order chi connectivity index (χ0) is 15.4. The third-order valence-corrected chi connectivity index (χ3v) is 4.55. The number of rotatable bonds is 4. The molecule has 1 N–H and O–H groups in total. The van der Waals surface area contributed by atoms with E-state index in [1.807, 2.05) is 30.8 Å². The smallest absolute Gasteiger partial charge is 0.258 e. The van der Waals surface area contributed by atoms with Crippen LogP contribution in [0.3, 0.4) is 0 Å². The summed E-state index contributed by atoms with van der Waals surface area (Å²) in [7, 11) is 0. The number of hydrogen-bond donors (Lipinski definition) is 1. The average molecular weight is 315 g/mol. The first-order valence-corrected chi connectivity index (χ1v) is 8.31. The SMILES string of the molecule is Cc1cccnc1NC(=O)c1ccc(OC2CCSC2)nc1. The van der Waals surface area contributed by atoms with Gasteiger partial charge in [0.25, 0.3) is 5.91 Å². The van der Waals surface area contributed by atoms with Gasteiger partial charge in [-0.05, 0) is 36.8 Å². The lowest BCUT2D eigenvalue weighted by atomic mass is 10.2. The number of thioether (sulfide) groups is 1. The molecule has 0 spiro atoms. The molecule has 1 amide bonds. The Bertz CT molecular complexity index is 655. The van der Waals surface area contributed by atoms with Gasteiger partial charge in [0.15, 0.2) is 0 Å². The summed E-state index contributed by atoms with van der Waals surface area (Å²) in [6.45, 7) is 1.90. The van der Waals surface area contributed by atoms with Crippen LogP contribution in [0.4, 0.5) is 5.82 Å². The van der Waals surface area contributed by atoms with Crippen LogP contribution in [0.2, 0.25) is 0 Å². The highest BCUT2D eigenvalue weighted by atomic mass is 32.2. The second-order valence-corrected chi connectivity index (χ2v) is 6.26. The molecule has 1 fully saturated rings. The van der Waals surface area contributed by atoms with E-state index < -0.39 is 0 Å². The van der Waals surface area contributed by atoms with Crippen molar-refractivity contribution in [1.29, 1.82) is 0 Å². The second-order valence-electron chi connectivity index (χ2n) is 5.11. The number of nitrogens with one attached hydrogen (secondary N) is 1. The van der Waals surface area contributed by atoms with Crippen LogP contribution < -0.4 is 10.1 Å². The van der Waals surface area contributed by atoms with Crippen LogP contribution in [-0.2, 0) is 0 Å². The molecule has 22 heavy (non-hydrogen) atoms. The predicted molar refractivity (Wildman–Crippen MR) is 87.5 cm³/mol. The molecule has 2 aromatic rings. The fourth-order valence-electron chi connectivity index (χ4n) is 2.16. The first-order chi connectivity index (χ1) is 10.7. The highest BCUT2D eigenvalue weighted by Gasteiger charge is 2.17. The molecule has 1 unspecified atom stereocenters. The van der Waals surface area contributed by atoms with Gasteiger partial charge in [0.05, 0.1) is 5.56 Å². The molecule has 1 atom stereocenters. The minimum atomic E-state index is -0.225. The zero-order valence-electron chi connectivity index (χ0n) is 12.3. The summed E-state index contributed by atoms with van der Waals surface area (Å²) in [4.78, 5) is 20.6. The molecule has 6 heteroatoms. The Labute approximate surface area is 133 Å². The Kier molecular flexibility index (Phi) is 4.58. The number of carbonyl (C=O) groups excluding carboxylic acids is 1. The Balaban J connectivity index is 1.64. The van der Waals surface area contributed by atoms with Gasteiger partial charge in [-0.25, -0.2) is 9.97 Å². The molecule has 0 bridgehead atoms. The van der Waals surface area contributed by atoms with Gasteiger partial charge in [0.1, 0.15) is 11.9 Å². The van der Waals surface area contributed by atoms with E-state index >= 15 is 0 Å². The molecular formula is C16H17N3O2S. The highest BCUT2D eigenvalue weighted by molar-refractivity contribution is 7.99. The van der Waals surface area contributed by atoms with E-state index in [1.165, 1.54) is 6.20 Å². The maximum atomic E-state index is 12.2. The van der Waals surface area contributed by atoms with Crippen LogP contribution in [0.15, 0.2) is 36.7 Å². The summed E-state index contributed by atoms with van der Waals surface area (Å²) in [6.07, 6.45) is 4.46. The van der Waals surface area contributed by atoms with Crippen molar-refractivity contribution < 1.29 is 9.53 Å². The molecule has 0 saturated carbocycles. The fraction of sp³-hybridized carbons (Fsp3) is 0.312. The molecule has 0 aliphatic carbocycles. The minimum absolute atomic E-state index is 0.225. The number of pyridine rings is 2. The van der Waals surface area contributed by atoms with Gasteiger partial charge in [0, 0.05) is 24.2 Å². The van der Waals surface area contributed by atoms with Gasteiger partial charge >= 0.3 is 0 Å². The lowest BCUT2D eigenvalue weighted by Gasteiger charge is -2.11. The lowest BCUT2D eigenvalue weighted by Crippen LogP contribution is -2.17. The van der Waals surface area contributed by atoms with E-state index in [-0.39, 0.29) is 12.0 Å². The van der Waals surface area contributed by atoms with Crippen LogP contribution >= 0.6 is 11.8 Å². The Hall–Kier alpha value is -2.08. The average Bonchev–Trinajstić information content (AvgIpc) is 3.03. The second kappa shape index (κ2) is 6.79. The molecule has 1 aliphatic heterocycles. The molecule has 1 saturated heterocycles. The van der Waals surface area contributed by atoms with Crippen molar-refractivity contribution in [3.8, 4) is 5.88 Å². The maximum absolute atomic E-state index is 12.2. The summed E-state index contributed by atoms with van der Waals surface area (Å²) < 4.78 is 5.77. The summed E-state index contributed by atoms with van der Waals surface area (Å²) in [6, 6.07) is 7.19. The third-order valence-electron chi connectivity index (χ3n) is 3.42. The third kappa shape index (κ3) is 3.57. The van der Waals surface area contributed by atoms with Gasteiger partial charge < -0.3 is 10.1 Å². The molecule has 5 nitrogen and oxygen atoms in total. The van der Waals surface area contributed by atoms with Gasteiger partial charge in [-0.1, -0.05) is 6.07 Å². The summed E-state index contributed by atoms with van der Waals surface area (Å²) in [5, 5.41) is 2.78. The van der Waals surface area contributed by atoms with Crippen molar-refractivity contribution in [3.63, 3.8) is 0 Å². The van der Waals surface area contributed by atoms with E-state index in [2.05, 4.69) is 15.3 Å². The van der Waals surface area contributed by atoms with E-state index in [4.69, 9.17) is 4.74 Å². The summed E-state index contributed by atoms with van der Waals surface area (Å²) in [5.74, 6) is 3.04. The summed E-state index contributed by atoms with van der Waals surface area (Å²) in [5.41, 5.74) is 1.40. The lowest BCUT2D eigenvalue weighted by molar-refractivity contribution is 0.102. The van der Waals surface area contributed by atoms with Crippen LogP contribution in [-0.4, -0.2) is 33.5 Å². The Morgan fingerprint density at radius 1 is 1.36 bits per heavy atom. The van der Waals surface area contributed by atoms with E-state index in [0.29, 0.717) is 17.3 Å². The van der Waals surface area contributed by atoms with E-state index in [9.17, 15) is 4.79 Å². The molecule has 3 rings (SSSR count). The monoisotopic (exact) mass is 315 g/mol. The zero-order valence-corrected chi connectivity index (χ0v) is 13.1. The quantitative estimate of drug-likeness (QED) is 0.940. The normalized spacial score (nSPS) is 17.2. The van der Waals surface area contributed by atoms with Gasteiger partial charge in [-0.15, -0.1) is 0 Å². The van der Waals surface area contributed by atoms with Crippen molar-refractivity contribution in [2.24, 2.45) is 0 Å². The van der Waals surface area contributed by atoms with Crippen LogP contribution in [0.25, 0.3) is 0 Å². The molecule has 2 aromatic heterocycles. The molecule has 0 aromatic carbocycles. The number of aromatic nitrogens is 2. The number of nitrogens with zero attached hydrogens (tertiary/aromatic N) is 2. The largest absolute Gasteiger partial charge is 0.473 e. The van der Waals surface area contributed by atoms with Crippen LogP contribution in [0, 0.1) is 6.92 Å². The van der Waals surface area contributed by atoms with E-state index in [0.717, 1.165) is 23.5 Å². The van der Waals surface area contributed by atoms with Crippen LogP contribution in [0.5, 0.6) is 5.88 Å². The number of hydrogen-bond acceptors (Lipinski definition) is 5. The van der Waals surface area contributed by atoms with Crippen molar-refractivity contribution in [3.05, 3.63) is 47.8 Å². The number of anilines is 1. The van der Waals surface area contributed by atoms with Gasteiger partial charge in [-0.3, -0.25) is 4.79 Å². The van der Waals surface area contributed by atoms with Crippen molar-refractivity contribution in [2.75, 3.05) is 16.8 Å². The number of carbonyl (C=O) groups is 1. The Morgan fingerprint density at radius 3 is 2.95 bits per heavy atom. The minimum Gasteiger partial charge on any atom is -0.473 e. The molecule has 1 aliphatic rings. The number of amides is 1. The van der Waals surface area contributed by atoms with Crippen LogP contribution in [0.1, 0.15) is 22.3 Å². The first kappa shape index (κ1) is 14.8. The molecule has 3 heterocycles. The topological polar surface area (TPSA) is 64.1 Å². The molecule has 0 radical (unpaired) electrons. The van der Waals surface area contributed by atoms with Gasteiger partial charge in [0.2, 0.25) is 5.88 Å². The highest BCUT2D eigenvalue weighted by Crippen LogP contribution is 2.22. The van der Waals surface area contributed by atoms with Crippen molar-refractivity contribution >= 4 is 23.5 Å². The van der Waals surface area contributed by atoms with E-state index in [1.54, 1.807) is 18.3 Å². The standard InChI is InChI=1S/C16H17N3O2S/c1-11-3-2-7-17-15(11)19-16(20)12-4-5-14(18-9-12)21-13-6-8-22-10-13/h2-5,7,9,13H,6,8,10H2,1H3,(H,17,19,20). The van der Waals surface area contributed by atoms with Crippen molar-refractivity contribution in [2.45, 2.75) is 19.4 Å². The van der Waals surface area contributed by atoms with Crippen molar-refractivity contribution in [1.82, 2.24) is 9.97 Å². The predicted octanol–water partition coefficient (Wildman–Crippen LogP) is 2.92. The van der Waals surface area contributed by atoms with Gasteiger partial charge in [-0.2, -0.15) is 11.8 Å². The molecule has 114 valence electrons. The Morgan fingerprint density at radius 2 is 2.27 bits per heavy atom. The number of ether oxygens (including phenoxy) is 1. The first-order valence-electron chi connectivity index (χ1n) is 7.16.